The van der Waals surface area contributed by atoms with Gasteiger partial charge in [0.1, 0.15) is 23.4 Å². The van der Waals surface area contributed by atoms with Crippen LogP contribution in [0.2, 0.25) is 10.0 Å². The van der Waals surface area contributed by atoms with Crippen LogP contribution in [0.4, 0.5) is 5.69 Å². The summed E-state index contributed by atoms with van der Waals surface area (Å²) in [5.74, 6) is -0.381. The number of hydrogen-bond acceptors (Lipinski definition) is 5. The van der Waals surface area contributed by atoms with Crippen molar-refractivity contribution in [3.05, 3.63) is 74.8 Å². The van der Waals surface area contributed by atoms with Gasteiger partial charge in [-0.15, -0.1) is 0 Å². The summed E-state index contributed by atoms with van der Waals surface area (Å²) in [6.07, 6.45) is 1.27. The van der Waals surface area contributed by atoms with Crippen molar-refractivity contribution in [3.8, 4) is 11.3 Å². The summed E-state index contributed by atoms with van der Waals surface area (Å²) in [6.45, 7) is 3.46. The van der Waals surface area contributed by atoms with E-state index in [-0.39, 0.29) is 17.0 Å². The Kier molecular flexibility index (Phi) is 5.32. The number of anilines is 1. The number of nitrogens with zero attached hydrogens (tertiary/aromatic N) is 3. The molecule has 9 heteroatoms. The van der Waals surface area contributed by atoms with Gasteiger partial charge in [-0.05, 0) is 43.7 Å². The van der Waals surface area contributed by atoms with E-state index in [1.807, 2.05) is 6.92 Å². The van der Waals surface area contributed by atoms with E-state index in [0.29, 0.717) is 27.0 Å². The van der Waals surface area contributed by atoms with Gasteiger partial charge in [-0.25, -0.2) is 4.98 Å². The lowest BCUT2D eigenvalue weighted by Crippen LogP contribution is -2.32. The highest BCUT2D eigenvalue weighted by molar-refractivity contribution is 6.31. The van der Waals surface area contributed by atoms with E-state index in [2.05, 4.69) is 15.5 Å². The summed E-state index contributed by atoms with van der Waals surface area (Å²) in [5.41, 5.74) is 2.09. The summed E-state index contributed by atoms with van der Waals surface area (Å²) in [4.78, 5) is 30.1. The van der Waals surface area contributed by atoms with Crippen molar-refractivity contribution in [2.75, 3.05) is 5.32 Å². The average Bonchev–Trinajstić information content (AvgIpc) is 3.16. The number of fused-ring (bicyclic) bond motifs is 1. The molecule has 0 saturated heterocycles. The number of carbonyl (C=O) groups excluding carboxylic acids is 1. The van der Waals surface area contributed by atoms with Gasteiger partial charge in [-0.3, -0.25) is 14.2 Å². The zero-order chi connectivity index (χ0) is 21.4. The van der Waals surface area contributed by atoms with Crippen molar-refractivity contribution in [2.24, 2.45) is 0 Å². The number of nitrogens with one attached hydrogen (secondary N) is 1. The van der Waals surface area contributed by atoms with Gasteiger partial charge in [0.05, 0.1) is 0 Å². The number of carbonyl (C=O) groups is 1. The second-order valence-corrected chi connectivity index (χ2v) is 7.67. The molecule has 1 amide bonds. The summed E-state index contributed by atoms with van der Waals surface area (Å²) < 4.78 is 6.46. The normalized spacial score (nSPS) is 12.1. The van der Waals surface area contributed by atoms with E-state index in [0.717, 1.165) is 5.56 Å². The van der Waals surface area contributed by atoms with Crippen molar-refractivity contribution in [1.29, 1.82) is 0 Å². The maximum absolute atomic E-state index is 13.2. The van der Waals surface area contributed by atoms with Crippen LogP contribution < -0.4 is 10.9 Å². The second kappa shape index (κ2) is 7.93. The highest BCUT2D eigenvalue weighted by atomic mass is 35.5. The minimum absolute atomic E-state index is 0.0968. The molecule has 30 heavy (non-hydrogen) atoms. The summed E-state index contributed by atoms with van der Waals surface area (Å²) >= 11 is 12.0. The third-order valence-corrected chi connectivity index (χ3v) is 5.28. The highest BCUT2D eigenvalue weighted by Crippen LogP contribution is 2.26. The molecule has 0 radical (unpaired) electrons. The van der Waals surface area contributed by atoms with Crippen molar-refractivity contribution >= 4 is 45.9 Å². The molecule has 0 bridgehead atoms. The van der Waals surface area contributed by atoms with Crippen LogP contribution in [0.15, 0.2) is 58.1 Å². The lowest BCUT2D eigenvalue weighted by atomic mass is 10.1. The number of aryl methyl sites for hydroxylation is 1. The highest BCUT2D eigenvalue weighted by Gasteiger charge is 2.22. The van der Waals surface area contributed by atoms with Crippen LogP contribution in [0.25, 0.3) is 22.4 Å². The zero-order valence-electron chi connectivity index (χ0n) is 16.0. The molecule has 152 valence electrons. The van der Waals surface area contributed by atoms with Gasteiger partial charge in [0.15, 0.2) is 0 Å². The first-order chi connectivity index (χ1) is 14.3. The molecule has 0 aliphatic rings. The molecule has 0 aliphatic carbocycles. The van der Waals surface area contributed by atoms with Gasteiger partial charge in [0.25, 0.3) is 11.3 Å². The van der Waals surface area contributed by atoms with Crippen LogP contribution in [-0.2, 0) is 4.79 Å². The Hall–Kier alpha value is -3.16. The first-order valence-electron chi connectivity index (χ1n) is 9.04. The first kappa shape index (κ1) is 20.1. The Balaban J connectivity index is 1.72. The molecule has 1 N–H and O–H groups in total. The van der Waals surface area contributed by atoms with E-state index in [9.17, 15) is 9.59 Å². The Morgan fingerprint density at radius 2 is 1.83 bits per heavy atom. The van der Waals surface area contributed by atoms with Crippen LogP contribution in [-0.4, -0.2) is 20.6 Å². The van der Waals surface area contributed by atoms with E-state index < -0.39 is 11.6 Å². The third-order valence-electron chi connectivity index (χ3n) is 4.79. The van der Waals surface area contributed by atoms with Crippen molar-refractivity contribution in [2.45, 2.75) is 19.9 Å². The van der Waals surface area contributed by atoms with Crippen molar-refractivity contribution < 1.29 is 9.32 Å². The quantitative estimate of drug-likeness (QED) is 0.486. The standard InChI is InChI=1S/C21H16Cl2N4O3/c1-11-3-6-15(23)9-16(11)25-19(28)12(2)27-10-24-20-17(21(27)29)18(26-30-20)13-4-7-14(22)8-5-13/h3-10,12H,1-2H3,(H,25,28)/t12-/m0/s1. The molecule has 0 unspecified atom stereocenters. The fraction of sp³-hybridized carbons (Fsp3) is 0.143. The Morgan fingerprint density at radius 3 is 2.57 bits per heavy atom. The number of rotatable bonds is 4. The lowest BCUT2D eigenvalue weighted by Gasteiger charge is -2.16. The Bertz CT molecular complexity index is 1310. The van der Waals surface area contributed by atoms with Crippen molar-refractivity contribution in [3.63, 3.8) is 0 Å². The van der Waals surface area contributed by atoms with Gasteiger partial charge in [0.2, 0.25) is 5.91 Å². The van der Waals surface area contributed by atoms with Gasteiger partial charge in [-0.1, -0.05) is 46.6 Å². The molecule has 1 atom stereocenters. The number of benzene rings is 2. The number of aromatic nitrogens is 3. The number of amides is 1. The van der Waals surface area contributed by atoms with Gasteiger partial charge in [0, 0.05) is 21.3 Å². The zero-order valence-corrected chi connectivity index (χ0v) is 17.5. The average molecular weight is 443 g/mol. The van der Waals surface area contributed by atoms with E-state index >= 15 is 0 Å². The predicted molar refractivity (Wildman–Crippen MR) is 116 cm³/mol. The predicted octanol–water partition coefficient (Wildman–Crippen LogP) is 4.87. The summed E-state index contributed by atoms with van der Waals surface area (Å²) in [6, 6.07) is 11.2. The number of halogens is 2. The lowest BCUT2D eigenvalue weighted by molar-refractivity contribution is -0.118. The molecule has 7 nitrogen and oxygen atoms in total. The monoisotopic (exact) mass is 442 g/mol. The third kappa shape index (κ3) is 3.69. The van der Waals surface area contributed by atoms with Gasteiger partial charge < -0.3 is 9.84 Å². The molecule has 4 rings (SSSR count). The largest absolute Gasteiger partial charge is 0.335 e. The van der Waals surface area contributed by atoms with E-state index in [1.54, 1.807) is 49.4 Å². The van der Waals surface area contributed by atoms with Crippen LogP contribution in [0.3, 0.4) is 0 Å². The molecule has 0 fully saturated rings. The smallest absolute Gasteiger partial charge is 0.267 e. The topological polar surface area (TPSA) is 90.0 Å². The molecular formula is C21H16Cl2N4O3. The molecule has 2 aromatic carbocycles. The van der Waals surface area contributed by atoms with E-state index in [1.165, 1.54) is 10.9 Å². The summed E-state index contributed by atoms with van der Waals surface area (Å²) in [7, 11) is 0. The molecular weight excluding hydrogens is 427 g/mol. The van der Waals surface area contributed by atoms with Crippen molar-refractivity contribution in [1.82, 2.24) is 14.7 Å². The summed E-state index contributed by atoms with van der Waals surface area (Å²) in [5, 5.41) is 8.04. The minimum Gasteiger partial charge on any atom is -0.335 e. The minimum atomic E-state index is -0.833. The second-order valence-electron chi connectivity index (χ2n) is 6.80. The fourth-order valence-electron chi connectivity index (χ4n) is 3.03. The SMILES string of the molecule is Cc1ccc(Cl)cc1NC(=O)[C@H](C)n1cnc2onc(-c3ccc(Cl)cc3)c2c1=O. The molecule has 2 heterocycles. The van der Waals surface area contributed by atoms with Crippen LogP contribution >= 0.6 is 23.2 Å². The first-order valence-corrected chi connectivity index (χ1v) is 9.80. The molecule has 0 aliphatic heterocycles. The van der Waals surface area contributed by atoms with Gasteiger partial charge >= 0.3 is 0 Å². The van der Waals surface area contributed by atoms with Crippen LogP contribution in [0.5, 0.6) is 0 Å². The Labute approximate surface area is 181 Å². The maximum Gasteiger partial charge on any atom is 0.267 e. The van der Waals surface area contributed by atoms with Crippen LogP contribution in [0, 0.1) is 6.92 Å². The molecule has 2 aromatic heterocycles. The molecule has 0 saturated carbocycles. The fourth-order valence-corrected chi connectivity index (χ4v) is 3.33. The Morgan fingerprint density at radius 1 is 1.13 bits per heavy atom. The van der Waals surface area contributed by atoms with Gasteiger partial charge in [-0.2, -0.15) is 0 Å². The number of hydrogen-bond donors (Lipinski definition) is 1. The molecule has 0 spiro atoms. The van der Waals surface area contributed by atoms with E-state index in [4.69, 9.17) is 27.7 Å². The maximum atomic E-state index is 13.2. The van der Waals surface area contributed by atoms with Crippen LogP contribution in [0.1, 0.15) is 18.5 Å². The molecule has 4 aromatic rings.